The van der Waals surface area contributed by atoms with Crippen molar-refractivity contribution in [3.05, 3.63) is 16.5 Å². The van der Waals surface area contributed by atoms with E-state index in [2.05, 4.69) is 36.1 Å². The summed E-state index contributed by atoms with van der Waals surface area (Å²) >= 11 is 5.94. The average Bonchev–Trinajstić information content (AvgIpc) is 2.30. The third-order valence-electron chi connectivity index (χ3n) is 3.25. The van der Waals surface area contributed by atoms with Gasteiger partial charge in [0.05, 0.1) is 5.56 Å². The number of rotatable bonds is 6. The Labute approximate surface area is 113 Å². The second kappa shape index (κ2) is 6.69. The summed E-state index contributed by atoms with van der Waals surface area (Å²) in [6, 6.07) is 0.240. The van der Waals surface area contributed by atoms with E-state index in [1.165, 1.54) is 0 Å². The number of aldehydes is 1. The molecule has 0 aliphatic heterocycles. The highest BCUT2D eigenvalue weighted by atomic mass is 35.5. The van der Waals surface area contributed by atoms with Crippen LogP contribution in [0.2, 0.25) is 5.15 Å². The summed E-state index contributed by atoms with van der Waals surface area (Å²) in [5.41, 5.74) is 0.333. The van der Waals surface area contributed by atoms with Crippen molar-refractivity contribution in [2.75, 3.05) is 5.32 Å². The molecule has 0 aromatic carbocycles. The van der Waals surface area contributed by atoms with E-state index in [9.17, 15) is 4.79 Å². The molecule has 100 valence electrons. The lowest BCUT2D eigenvalue weighted by Gasteiger charge is -2.23. The topological polar surface area (TPSA) is 54.9 Å². The molecule has 0 aliphatic rings. The van der Waals surface area contributed by atoms with Crippen molar-refractivity contribution < 1.29 is 4.79 Å². The number of halogens is 1. The van der Waals surface area contributed by atoms with Gasteiger partial charge in [0.15, 0.2) is 6.29 Å². The Morgan fingerprint density at radius 2 is 1.94 bits per heavy atom. The molecule has 1 aromatic rings. The van der Waals surface area contributed by atoms with Gasteiger partial charge in [-0.2, -0.15) is 0 Å². The first-order valence-corrected chi connectivity index (χ1v) is 6.67. The van der Waals surface area contributed by atoms with Gasteiger partial charge in [0, 0.05) is 6.04 Å². The van der Waals surface area contributed by atoms with Gasteiger partial charge in [-0.25, -0.2) is 9.97 Å². The van der Waals surface area contributed by atoms with Crippen LogP contribution in [0.5, 0.6) is 0 Å². The van der Waals surface area contributed by atoms with Gasteiger partial charge in [0.25, 0.3) is 0 Å². The highest BCUT2D eigenvalue weighted by Crippen LogP contribution is 2.22. The molecule has 1 aromatic heterocycles. The SMILES string of the molecule is CCC(CC)C(C)Nc1nc(C)nc(Cl)c1C=O. The molecule has 0 fully saturated rings. The first-order valence-electron chi connectivity index (χ1n) is 6.29. The van der Waals surface area contributed by atoms with Gasteiger partial charge in [0.1, 0.15) is 16.8 Å². The van der Waals surface area contributed by atoms with Crippen LogP contribution in [0.25, 0.3) is 0 Å². The highest BCUT2D eigenvalue weighted by molar-refractivity contribution is 6.32. The minimum absolute atomic E-state index is 0.205. The minimum Gasteiger partial charge on any atom is -0.367 e. The first-order chi connectivity index (χ1) is 8.53. The van der Waals surface area contributed by atoms with Gasteiger partial charge >= 0.3 is 0 Å². The summed E-state index contributed by atoms with van der Waals surface area (Å²) in [6.07, 6.45) is 2.86. The zero-order valence-corrected chi connectivity index (χ0v) is 12.1. The summed E-state index contributed by atoms with van der Waals surface area (Å²) in [5.74, 6) is 1.63. The van der Waals surface area contributed by atoms with E-state index in [0.717, 1.165) is 12.8 Å². The van der Waals surface area contributed by atoms with Crippen LogP contribution >= 0.6 is 11.6 Å². The number of aryl methyl sites for hydroxylation is 1. The third-order valence-corrected chi connectivity index (χ3v) is 3.54. The standard InChI is InChI=1S/C13H20ClN3O/c1-5-10(6-2)8(3)15-13-11(7-18)12(14)16-9(4)17-13/h7-8,10H,5-6H2,1-4H3,(H,15,16,17). The van der Waals surface area contributed by atoms with Crippen molar-refractivity contribution in [3.8, 4) is 0 Å². The van der Waals surface area contributed by atoms with E-state index in [1.807, 2.05) is 0 Å². The first kappa shape index (κ1) is 14.9. The summed E-state index contributed by atoms with van der Waals surface area (Å²) in [6.45, 7) is 8.17. The predicted molar refractivity (Wildman–Crippen MR) is 74.3 cm³/mol. The summed E-state index contributed by atoms with van der Waals surface area (Å²) in [5, 5.41) is 3.48. The third kappa shape index (κ3) is 3.42. The molecule has 0 saturated heterocycles. The Hall–Kier alpha value is -1.16. The number of nitrogens with zero attached hydrogens (tertiary/aromatic N) is 2. The number of aromatic nitrogens is 2. The molecule has 18 heavy (non-hydrogen) atoms. The smallest absolute Gasteiger partial charge is 0.156 e. The highest BCUT2D eigenvalue weighted by Gasteiger charge is 2.17. The van der Waals surface area contributed by atoms with Crippen molar-refractivity contribution >= 4 is 23.7 Å². The lowest BCUT2D eigenvalue weighted by molar-refractivity contribution is 0.112. The molecule has 0 bridgehead atoms. The van der Waals surface area contributed by atoms with Gasteiger partial charge in [0.2, 0.25) is 0 Å². The van der Waals surface area contributed by atoms with Crippen LogP contribution in [0, 0.1) is 12.8 Å². The number of carbonyl (C=O) groups excluding carboxylic acids is 1. The molecule has 0 amide bonds. The Balaban J connectivity index is 2.99. The zero-order chi connectivity index (χ0) is 13.7. The number of hydrogen-bond donors (Lipinski definition) is 1. The number of hydrogen-bond acceptors (Lipinski definition) is 4. The Bertz CT molecular complexity index is 419. The molecule has 1 unspecified atom stereocenters. The molecule has 1 heterocycles. The summed E-state index contributed by atoms with van der Waals surface area (Å²) in [7, 11) is 0. The Morgan fingerprint density at radius 3 is 2.44 bits per heavy atom. The van der Waals surface area contributed by atoms with Crippen LogP contribution in [-0.4, -0.2) is 22.3 Å². The van der Waals surface area contributed by atoms with Crippen LogP contribution < -0.4 is 5.32 Å². The van der Waals surface area contributed by atoms with Gasteiger partial charge < -0.3 is 5.32 Å². The fourth-order valence-electron chi connectivity index (χ4n) is 2.09. The Morgan fingerprint density at radius 1 is 1.33 bits per heavy atom. The molecule has 4 nitrogen and oxygen atoms in total. The van der Waals surface area contributed by atoms with Gasteiger partial charge in [-0.3, -0.25) is 4.79 Å². The van der Waals surface area contributed by atoms with Crippen molar-refractivity contribution in [3.63, 3.8) is 0 Å². The monoisotopic (exact) mass is 269 g/mol. The second-order valence-electron chi connectivity index (χ2n) is 4.45. The van der Waals surface area contributed by atoms with Gasteiger partial charge in [-0.05, 0) is 19.8 Å². The van der Waals surface area contributed by atoms with Crippen LogP contribution in [0.1, 0.15) is 49.8 Å². The van der Waals surface area contributed by atoms with E-state index in [4.69, 9.17) is 11.6 Å². The molecular formula is C13H20ClN3O. The molecule has 1 atom stereocenters. The molecule has 5 heteroatoms. The fourth-order valence-corrected chi connectivity index (χ4v) is 2.35. The van der Waals surface area contributed by atoms with Crippen LogP contribution in [0.3, 0.4) is 0 Å². The fraction of sp³-hybridized carbons (Fsp3) is 0.615. The van der Waals surface area contributed by atoms with Crippen LogP contribution in [-0.2, 0) is 0 Å². The number of anilines is 1. The van der Waals surface area contributed by atoms with Crippen molar-refractivity contribution in [2.24, 2.45) is 5.92 Å². The normalized spacial score (nSPS) is 12.6. The minimum atomic E-state index is 0.205. The molecule has 0 spiro atoms. The van der Waals surface area contributed by atoms with Gasteiger partial charge in [-0.15, -0.1) is 0 Å². The van der Waals surface area contributed by atoms with E-state index < -0.39 is 0 Å². The van der Waals surface area contributed by atoms with Gasteiger partial charge in [-0.1, -0.05) is 38.3 Å². The summed E-state index contributed by atoms with van der Waals surface area (Å²) in [4.78, 5) is 19.3. The average molecular weight is 270 g/mol. The zero-order valence-electron chi connectivity index (χ0n) is 11.3. The lowest BCUT2D eigenvalue weighted by atomic mass is 9.95. The maximum absolute atomic E-state index is 11.0. The Kier molecular flexibility index (Phi) is 5.54. The molecule has 1 N–H and O–H groups in total. The second-order valence-corrected chi connectivity index (χ2v) is 4.81. The van der Waals surface area contributed by atoms with Crippen LogP contribution in [0.15, 0.2) is 0 Å². The molecule has 0 saturated carbocycles. The molecular weight excluding hydrogens is 250 g/mol. The molecule has 1 rings (SSSR count). The van der Waals surface area contributed by atoms with Crippen LogP contribution in [0.4, 0.5) is 5.82 Å². The maximum Gasteiger partial charge on any atom is 0.156 e. The molecule has 0 aliphatic carbocycles. The lowest BCUT2D eigenvalue weighted by Crippen LogP contribution is -2.26. The molecule has 0 radical (unpaired) electrons. The maximum atomic E-state index is 11.0. The van der Waals surface area contributed by atoms with Crippen molar-refractivity contribution in [1.82, 2.24) is 9.97 Å². The van der Waals surface area contributed by atoms with Crippen molar-refractivity contribution in [1.29, 1.82) is 0 Å². The number of nitrogens with one attached hydrogen (secondary N) is 1. The largest absolute Gasteiger partial charge is 0.367 e. The predicted octanol–water partition coefficient (Wildman–Crippen LogP) is 3.49. The quantitative estimate of drug-likeness (QED) is 0.634. The summed E-state index contributed by atoms with van der Waals surface area (Å²) < 4.78 is 0. The van der Waals surface area contributed by atoms with E-state index in [-0.39, 0.29) is 11.2 Å². The van der Waals surface area contributed by atoms with E-state index >= 15 is 0 Å². The van der Waals surface area contributed by atoms with E-state index in [0.29, 0.717) is 29.4 Å². The van der Waals surface area contributed by atoms with Crippen molar-refractivity contribution in [2.45, 2.75) is 46.6 Å². The number of carbonyl (C=O) groups is 1. The van der Waals surface area contributed by atoms with E-state index in [1.54, 1.807) is 6.92 Å².